The van der Waals surface area contributed by atoms with Crippen molar-refractivity contribution in [3.63, 3.8) is 0 Å². The van der Waals surface area contributed by atoms with Crippen molar-refractivity contribution in [3.8, 4) is 0 Å². The zero-order chi connectivity index (χ0) is 19.2. The highest BCUT2D eigenvalue weighted by Gasteiger charge is 2.25. The van der Waals surface area contributed by atoms with Gasteiger partial charge in [0, 0.05) is 28.3 Å². The summed E-state index contributed by atoms with van der Waals surface area (Å²) in [5.41, 5.74) is 4.35. The third kappa shape index (κ3) is 5.29. The Morgan fingerprint density at radius 1 is 1.04 bits per heavy atom. The normalized spacial score (nSPS) is 14.2. The van der Waals surface area contributed by atoms with Gasteiger partial charge in [0.2, 0.25) is 0 Å². The van der Waals surface area contributed by atoms with Gasteiger partial charge in [0.25, 0.3) is 11.8 Å². The Kier molecular flexibility index (Phi) is 6.06. The van der Waals surface area contributed by atoms with Crippen LogP contribution in [0.15, 0.2) is 54.6 Å². The summed E-state index contributed by atoms with van der Waals surface area (Å²) in [6.45, 7) is 0. The number of nitrogens with one attached hydrogen (secondary N) is 2. The maximum absolute atomic E-state index is 12.7. The summed E-state index contributed by atoms with van der Waals surface area (Å²) < 4.78 is 0. The van der Waals surface area contributed by atoms with Gasteiger partial charge in [0.1, 0.15) is 0 Å². The van der Waals surface area contributed by atoms with E-state index >= 15 is 0 Å². The number of hydrogen-bond acceptors (Lipinski definition) is 3. The quantitative estimate of drug-likeness (QED) is 0.308. The summed E-state index contributed by atoms with van der Waals surface area (Å²) in [6.07, 6.45) is 6.61. The molecule has 6 heteroatoms. The Morgan fingerprint density at radius 3 is 2.33 bits per heavy atom. The van der Waals surface area contributed by atoms with Crippen LogP contribution < -0.4 is 10.8 Å². The van der Waals surface area contributed by atoms with Crippen LogP contribution in [0.25, 0.3) is 17.7 Å². The number of hydroxylamine groups is 1. The largest absolute Gasteiger partial charge is 0.349 e. The molecule has 3 N–H and O–H groups in total. The van der Waals surface area contributed by atoms with Gasteiger partial charge in [0.15, 0.2) is 0 Å². The molecule has 27 heavy (non-hydrogen) atoms. The fourth-order valence-electron chi connectivity index (χ4n) is 2.52. The van der Waals surface area contributed by atoms with Crippen LogP contribution in [0.5, 0.6) is 0 Å². The van der Waals surface area contributed by atoms with Gasteiger partial charge in [-0.3, -0.25) is 14.8 Å². The first kappa shape index (κ1) is 18.9. The third-order valence-electron chi connectivity index (χ3n) is 4.11. The van der Waals surface area contributed by atoms with Gasteiger partial charge in [-0.1, -0.05) is 54.1 Å². The van der Waals surface area contributed by atoms with Crippen molar-refractivity contribution in [2.75, 3.05) is 0 Å². The summed E-state index contributed by atoms with van der Waals surface area (Å²) in [5, 5.41) is 12.0. The van der Waals surface area contributed by atoms with Crippen LogP contribution in [0.4, 0.5) is 0 Å². The lowest BCUT2D eigenvalue weighted by Crippen LogP contribution is -2.26. The van der Waals surface area contributed by atoms with Crippen LogP contribution >= 0.6 is 11.6 Å². The molecule has 1 aliphatic carbocycles. The van der Waals surface area contributed by atoms with Crippen molar-refractivity contribution in [3.05, 3.63) is 76.3 Å². The van der Waals surface area contributed by atoms with Crippen LogP contribution in [0.3, 0.4) is 0 Å². The molecule has 2 aromatic carbocycles. The Bertz CT molecular complexity index is 900. The minimum Gasteiger partial charge on any atom is -0.349 e. The molecule has 0 radical (unpaired) electrons. The predicted octanol–water partition coefficient (Wildman–Crippen LogP) is 3.68. The molecule has 0 aliphatic heterocycles. The maximum Gasteiger partial charge on any atom is 0.267 e. The fraction of sp³-hybridized carbons (Fsp3) is 0.143. The number of hydrogen-bond donors (Lipinski definition) is 3. The lowest BCUT2D eigenvalue weighted by atomic mass is 10.0. The Hall–Kier alpha value is -2.89. The van der Waals surface area contributed by atoms with Crippen LogP contribution in [0.1, 0.15) is 29.5 Å². The standard InChI is InChI=1S/C21H19ClN2O3/c22-19-4-2-1-3-17(19)18(21(26)23-16-10-11-16)13-15-7-5-14(6-8-15)9-12-20(25)24-27/h1-9,12-13,16,27H,10-11H2,(H,23,26)(H,24,25)/b12-9+,18-13+. The van der Waals surface area contributed by atoms with E-state index in [1.54, 1.807) is 18.2 Å². The van der Waals surface area contributed by atoms with E-state index in [-0.39, 0.29) is 11.9 Å². The lowest BCUT2D eigenvalue weighted by molar-refractivity contribution is -0.124. The SMILES string of the molecule is O=C(/C=C/c1ccc(/C=C(/C(=O)NC2CC2)c2ccccc2Cl)cc1)NO. The van der Waals surface area contributed by atoms with Crippen molar-refractivity contribution in [1.29, 1.82) is 0 Å². The molecule has 0 saturated heterocycles. The molecule has 1 fully saturated rings. The molecule has 3 rings (SSSR count). The van der Waals surface area contributed by atoms with E-state index in [0.717, 1.165) is 24.0 Å². The van der Waals surface area contributed by atoms with E-state index in [1.165, 1.54) is 11.6 Å². The molecule has 1 saturated carbocycles. The smallest absolute Gasteiger partial charge is 0.267 e. The monoisotopic (exact) mass is 382 g/mol. The average Bonchev–Trinajstić information content (AvgIpc) is 3.49. The van der Waals surface area contributed by atoms with Crippen LogP contribution in [-0.2, 0) is 9.59 Å². The zero-order valence-corrected chi connectivity index (χ0v) is 15.2. The van der Waals surface area contributed by atoms with Crippen molar-refractivity contribution >= 4 is 41.1 Å². The molecule has 0 unspecified atom stereocenters. The molecular formula is C21H19ClN2O3. The molecule has 0 aromatic heterocycles. The van der Waals surface area contributed by atoms with E-state index < -0.39 is 5.91 Å². The van der Waals surface area contributed by atoms with Gasteiger partial charge >= 0.3 is 0 Å². The van der Waals surface area contributed by atoms with Gasteiger partial charge < -0.3 is 5.32 Å². The number of amides is 2. The molecule has 0 spiro atoms. The molecule has 2 aromatic rings. The van der Waals surface area contributed by atoms with Crippen LogP contribution in [0.2, 0.25) is 5.02 Å². The van der Waals surface area contributed by atoms with E-state index in [2.05, 4.69) is 5.32 Å². The van der Waals surface area contributed by atoms with E-state index in [9.17, 15) is 9.59 Å². The van der Waals surface area contributed by atoms with Crippen molar-refractivity contribution in [2.24, 2.45) is 0 Å². The van der Waals surface area contributed by atoms with Gasteiger partial charge in [0.05, 0.1) is 0 Å². The molecule has 0 heterocycles. The van der Waals surface area contributed by atoms with Crippen molar-refractivity contribution < 1.29 is 14.8 Å². The minimum atomic E-state index is -0.600. The molecule has 1 aliphatic rings. The number of carbonyl (C=O) groups is 2. The number of benzene rings is 2. The summed E-state index contributed by atoms with van der Waals surface area (Å²) in [5.74, 6) is -0.745. The lowest BCUT2D eigenvalue weighted by Gasteiger charge is -2.11. The third-order valence-corrected chi connectivity index (χ3v) is 4.44. The summed E-state index contributed by atoms with van der Waals surface area (Å²) >= 11 is 6.30. The second-order valence-electron chi connectivity index (χ2n) is 6.26. The summed E-state index contributed by atoms with van der Waals surface area (Å²) in [6, 6.07) is 14.8. The molecule has 138 valence electrons. The average molecular weight is 383 g/mol. The second kappa shape index (κ2) is 8.66. The number of rotatable bonds is 6. The molecule has 5 nitrogen and oxygen atoms in total. The Labute approximate surface area is 162 Å². The topological polar surface area (TPSA) is 78.4 Å². The first-order chi connectivity index (χ1) is 13.1. The molecule has 0 bridgehead atoms. The van der Waals surface area contributed by atoms with E-state index in [1.807, 2.05) is 42.5 Å². The van der Waals surface area contributed by atoms with Gasteiger partial charge in [-0.05, 0) is 42.2 Å². The van der Waals surface area contributed by atoms with E-state index in [4.69, 9.17) is 16.8 Å². The maximum atomic E-state index is 12.7. The molecular weight excluding hydrogens is 364 g/mol. The Balaban J connectivity index is 1.88. The predicted molar refractivity (Wildman–Crippen MR) is 106 cm³/mol. The van der Waals surface area contributed by atoms with Gasteiger partial charge in [-0.25, -0.2) is 5.48 Å². The minimum absolute atomic E-state index is 0.144. The zero-order valence-electron chi connectivity index (χ0n) is 14.5. The second-order valence-corrected chi connectivity index (χ2v) is 6.67. The highest BCUT2D eigenvalue weighted by atomic mass is 35.5. The fourth-order valence-corrected chi connectivity index (χ4v) is 2.75. The first-order valence-corrected chi connectivity index (χ1v) is 8.94. The summed E-state index contributed by atoms with van der Waals surface area (Å²) in [4.78, 5) is 23.8. The van der Waals surface area contributed by atoms with Crippen molar-refractivity contribution in [2.45, 2.75) is 18.9 Å². The number of halogens is 1. The number of carbonyl (C=O) groups excluding carboxylic acids is 2. The first-order valence-electron chi connectivity index (χ1n) is 8.56. The molecule has 2 amide bonds. The highest BCUT2D eigenvalue weighted by molar-refractivity contribution is 6.36. The summed E-state index contributed by atoms with van der Waals surface area (Å²) in [7, 11) is 0. The van der Waals surface area contributed by atoms with E-state index in [0.29, 0.717) is 16.2 Å². The van der Waals surface area contributed by atoms with Gasteiger partial charge in [-0.2, -0.15) is 0 Å². The molecule has 0 atom stereocenters. The van der Waals surface area contributed by atoms with Gasteiger partial charge in [-0.15, -0.1) is 0 Å². The van der Waals surface area contributed by atoms with Crippen molar-refractivity contribution in [1.82, 2.24) is 10.8 Å². The van der Waals surface area contributed by atoms with Crippen LogP contribution in [-0.4, -0.2) is 23.1 Å². The highest BCUT2D eigenvalue weighted by Crippen LogP contribution is 2.28. The Morgan fingerprint density at radius 2 is 1.70 bits per heavy atom. The van der Waals surface area contributed by atoms with Crippen LogP contribution in [0, 0.1) is 0 Å².